The summed E-state index contributed by atoms with van der Waals surface area (Å²) in [7, 11) is 0. The average Bonchev–Trinajstić information content (AvgIpc) is 2.80. The van der Waals surface area contributed by atoms with Crippen LogP contribution in [0, 0.1) is 6.92 Å². The van der Waals surface area contributed by atoms with Crippen LogP contribution in [-0.4, -0.2) is 39.2 Å². The minimum Gasteiger partial charge on any atom is -0.493 e. The van der Waals surface area contributed by atoms with E-state index in [4.69, 9.17) is 4.74 Å². The highest BCUT2D eigenvalue weighted by Gasteiger charge is 2.14. The van der Waals surface area contributed by atoms with Gasteiger partial charge in [-0.3, -0.25) is 4.79 Å². The van der Waals surface area contributed by atoms with Crippen molar-refractivity contribution < 1.29 is 19.7 Å². The summed E-state index contributed by atoms with van der Waals surface area (Å²) >= 11 is 0. The number of aliphatic hydroxyl groups excluding tert-OH is 2. The van der Waals surface area contributed by atoms with Crippen molar-refractivity contribution in [1.82, 2.24) is 15.3 Å². The zero-order chi connectivity index (χ0) is 21.3. The number of aromatic nitrogens is 2. The Bertz CT molecular complexity index is 993. The topological polar surface area (TPSA) is 105 Å². The predicted molar refractivity (Wildman–Crippen MR) is 113 cm³/mol. The fraction of sp³-hybridized carbons (Fsp3) is 0.261. The molecule has 3 N–H and O–H groups in total. The van der Waals surface area contributed by atoms with Crippen molar-refractivity contribution in [3.8, 4) is 17.1 Å². The van der Waals surface area contributed by atoms with Crippen LogP contribution < -0.4 is 10.1 Å². The van der Waals surface area contributed by atoms with Crippen LogP contribution >= 0.6 is 0 Å². The first-order valence-corrected chi connectivity index (χ1v) is 9.77. The minimum absolute atomic E-state index is 0.115. The molecule has 7 heteroatoms. The molecule has 3 aromatic rings. The molecule has 0 bridgehead atoms. The molecule has 0 atom stereocenters. The lowest BCUT2D eigenvalue weighted by molar-refractivity contribution is 0.0951. The van der Waals surface area contributed by atoms with E-state index in [1.807, 2.05) is 25.1 Å². The number of hydrogen-bond donors (Lipinski definition) is 3. The number of ether oxygens (including phenoxy) is 1. The molecule has 0 saturated carbocycles. The molecule has 0 spiro atoms. The van der Waals surface area contributed by atoms with Gasteiger partial charge in [0.05, 0.1) is 42.6 Å². The SMILES string of the molecule is Cc1c(OCCCNC(=O)c2ccccc2)cc(CO)nc1-c1cccc(CO)n1. The highest BCUT2D eigenvalue weighted by molar-refractivity contribution is 5.94. The van der Waals surface area contributed by atoms with Gasteiger partial charge in [-0.25, -0.2) is 9.97 Å². The molecule has 0 aliphatic carbocycles. The van der Waals surface area contributed by atoms with Crippen LogP contribution in [0.15, 0.2) is 54.6 Å². The molecular formula is C23H25N3O4. The molecular weight excluding hydrogens is 382 g/mol. The Kier molecular flexibility index (Phi) is 7.48. The molecule has 0 saturated heterocycles. The fourth-order valence-corrected chi connectivity index (χ4v) is 2.96. The van der Waals surface area contributed by atoms with E-state index in [0.717, 1.165) is 5.56 Å². The highest BCUT2D eigenvalue weighted by atomic mass is 16.5. The first kappa shape index (κ1) is 21.4. The Morgan fingerprint density at radius 2 is 1.77 bits per heavy atom. The second-order valence-corrected chi connectivity index (χ2v) is 6.74. The van der Waals surface area contributed by atoms with Crippen LogP contribution in [0.2, 0.25) is 0 Å². The highest BCUT2D eigenvalue weighted by Crippen LogP contribution is 2.28. The second-order valence-electron chi connectivity index (χ2n) is 6.74. The number of nitrogens with one attached hydrogen (secondary N) is 1. The molecule has 1 aromatic carbocycles. The van der Waals surface area contributed by atoms with E-state index < -0.39 is 0 Å². The predicted octanol–water partition coefficient (Wildman–Crippen LogP) is 2.64. The van der Waals surface area contributed by atoms with Crippen LogP contribution in [0.4, 0.5) is 0 Å². The third-order valence-electron chi connectivity index (χ3n) is 4.55. The molecule has 30 heavy (non-hydrogen) atoms. The van der Waals surface area contributed by atoms with Gasteiger partial charge >= 0.3 is 0 Å². The maximum atomic E-state index is 12.1. The van der Waals surface area contributed by atoms with Gasteiger partial charge in [0, 0.05) is 23.7 Å². The molecule has 156 valence electrons. The lowest BCUT2D eigenvalue weighted by Gasteiger charge is -2.14. The van der Waals surface area contributed by atoms with Crippen LogP contribution in [0.5, 0.6) is 5.75 Å². The third-order valence-corrected chi connectivity index (χ3v) is 4.55. The smallest absolute Gasteiger partial charge is 0.251 e. The van der Waals surface area contributed by atoms with E-state index in [1.165, 1.54) is 0 Å². The van der Waals surface area contributed by atoms with E-state index in [9.17, 15) is 15.0 Å². The molecule has 2 aromatic heterocycles. The number of nitrogens with zero attached hydrogens (tertiary/aromatic N) is 2. The van der Waals surface area contributed by atoms with Gasteiger partial charge in [-0.15, -0.1) is 0 Å². The van der Waals surface area contributed by atoms with E-state index in [2.05, 4.69) is 15.3 Å². The Morgan fingerprint density at radius 1 is 1.00 bits per heavy atom. The van der Waals surface area contributed by atoms with Gasteiger partial charge < -0.3 is 20.3 Å². The number of carbonyl (C=O) groups excluding carboxylic acids is 1. The number of amides is 1. The first-order chi connectivity index (χ1) is 14.6. The number of rotatable bonds is 9. The van der Waals surface area contributed by atoms with E-state index >= 15 is 0 Å². The number of hydrogen-bond acceptors (Lipinski definition) is 6. The van der Waals surface area contributed by atoms with E-state index in [-0.39, 0.29) is 19.1 Å². The molecule has 7 nitrogen and oxygen atoms in total. The first-order valence-electron chi connectivity index (χ1n) is 9.77. The summed E-state index contributed by atoms with van der Waals surface area (Å²) < 4.78 is 5.91. The Hall–Kier alpha value is -3.29. The van der Waals surface area contributed by atoms with E-state index in [1.54, 1.807) is 36.4 Å². The zero-order valence-corrected chi connectivity index (χ0v) is 16.8. The summed E-state index contributed by atoms with van der Waals surface area (Å²) in [6, 6.07) is 16.1. The minimum atomic E-state index is -0.226. The Balaban J connectivity index is 1.63. The molecule has 0 fully saturated rings. The summed E-state index contributed by atoms with van der Waals surface area (Å²) in [4.78, 5) is 20.9. The summed E-state index contributed by atoms with van der Waals surface area (Å²) in [5.74, 6) is 0.491. The number of carbonyl (C=O) groups is 1. The van der Waals surface area contributed by atoms with Crippen molar-refractivity contribution in [2.45, 2.75) is 26.6 Å². The molecule has 3 rings (SSSR count). The molecule has 0 unspecified atom stereocenters. The molecule has 0 aliphatic rings. The van der Waals surface area contributed by atoms with Gasteiger partial charge in [0.1, 0.15) is 5.75 Å². The maximum absolute atomic E-state index is 12.1. The van der Waals surface area contributed by atoms with Gasteiger partial charge in [-0.2, -0.15) is 0 Å². The Morgan fingerprint density at radius 3 is 2.50 bits per heavy atom. The second kappa shape index (κ2) is 10.5. The lowest BCUT2D eigenvalue weighted by Crippen LogP contribution is -2.25. The number of pyridine rings is 2. The van der Waals surface area contributed by atoms with Gasteiger partial charge in [0.15, 0.2) is 0 Å². The van der Waals surface area contributed by atoms with E-state index in [0.29, 0.717) is 53.7 Å². The van der Waals surface area contributed by atoms with Crippen molar-refractivity contribution in [2.24, 2.45) is 0 Å². The third kappa shape index (κ3) is 5.40. The summed E-state index contributed by atoms with van der Waals surface area (Å²) in [5, 5.41) is 21.8. The van der Waals surface area contributed by atoms with Gasteiger partial charge in [0.2, 0.25) is 0 Å². The van der Waals surface area contributed by atoms with Crippen LogP contribution in [-0.2, 0) is 13.2 Å². The van der Waals surface area contributed by atoms with Crippen molar-refractivity contribution in [3.05, 3.63) is 77.1 Å². The normalized spacial score (nSPS) is 10.6. The van der Waals surface area contributed by atoms with Crippen molar-refractivity contribution >= 4 is 5.91 Å². The van der Waals surface area contributed by atoms with Crippen molar-refractivity contribution in [2.75, 3.05) is 13.2 Å². The Labute approximate surface area is 175 Å². The standard InChI is InChI=1S/C23H25N3O4/c1-16-21(30-12-6-11-24-23(29)17-7-3-2-4-8-17)13-19(15-28)26-22(16)20-10-5-9-18(14-27)25-20/h2-5,7-10,13,27-28H,6,11-12,14-15H2,1H3,(H,24,29). The summed E-state index contributed by atoms with van der Waals surface area (Å²) in [6.45, 7) is 2.37. The quantitative estimate of drug-likeness (QED) is 0.471. The van der Waals surface area contributed by atoms with Crippen LogP contribution in [0.3, 0.4) is 0 Å². The van der Waals surface area contributed by atoms with Crippen LogP contribution in [0.1, 0.15) is 33.7 Å². The summed E-state index contributed by atoms with van der Waals surface area (Å²) in [6.07, 6.45) is 0.627. The number of aliphatic hydroxyl groups is 2. The zero-order valence-electron chi connectivity index (χ0n) is 16.8. The summed E-state index contributed by atoms with van der Waals surface area (Å²) in [5.41, 5.74) is 3.64. The molecule has 0 radical (unpaired) electrons. The average molecular weight is 407 g/mol. The number of benzene rings is 1. The molecule has 1 amide bonds. The molecule has 2 heterocycles. The van der Waals surface area contributed by atoms with Gasteiger partial charge in [0.25, 0.3) is 5.91 Å². The fourth-order valence-electron chi connectivity index (χ4n) is 2.96. The van der Waals surface area contributed by atoms with Crippen molar-refractivity contribution in [1.29, 1.82) is 0 Å². The van der Waals surface area contributed by atoms with Crippen molar-refractivity contribution in [3.63, 3.8) is 0 Å². The largest absolute Gasteiger partial charge is 0.493 e. The molecule has 0 aliphatic heterocycles. The maximum Gasteiger partial charge on any atom is 0.251 e. The van der Waals surface area contributed by atoms with Gasteiger partial charge in [-0.05, 0) is 37.6 Å². The monoisotopic (exact) mass is 407 g/mol. The van der Waals surface area contributed by atoms with Gasteiger partial charge in [-0.1, -0.05) is 24.3 Å². The lowest BCUT2D eigenvalue weighted by atomic mass is 10.1. The van der Waals surface area contributed by atoms with Crippen LogP contribution in [0.25, 0.3) is 11.4 Å².